The summed E-state index contributed by atoms with van der Waals surface area (Å²) >= 11 is 0. The normalized spacial score (nSPS) is 15.2. The summed E-state index contributed by atoms with van der Waals surface area (Å²) < 4.78 is 42.0. The summed E-state index contributed by atoms with van der Waals surface area (Å²) in [6, 6.07) is 16.2. The molecule has 0 N–H and O–H groups in total. The van der Waals surface area contributed by atoms with E-state index in [1.807, 2.05) is 24.3 Å². The van der Waals surface area contributed by atoms with Crippen LogP contribution in [-0.4, -0.2) is 25.9 Å². The second-order valence-corrected chi connectivity index (χ2v) is 8.92. The average Bonchev–Trinajstić information content (AvgIpc) is 2.80. The van der Waals surface area contributed by atoms with Gasteiger partial charge in [-0.3, -0.25) is 0 Å². The number of alkyl halides is 3. The number of hydrogen-bond donors (Lipinski definition) is 0. The van der Waals surface area contributed by atoms with Crippen LogP contribution in [-0.2, 0) is 0 Å². The third-order valence-electron chi connectivity index (χ3n) is 6.37. The number of nitrogens with zero attached hydrogens (tertiary/aromatic N) is 1. The Morgan fingerprint density at radius 1 is 0.844 bits per heavy atom. The van der Waals surface area contributed by atoms with Crippen LogP contribution in [0.2, 0.25) is 0 Å². The molecule has 2 aromatic rings. The number of hydrogen-bond acceptors (Lipinski definition) is 2. The Kier molecular flexibility index (Phi) is 9.31. The lowest BCUT2D eigenvalue weighted by Crippen LogP contribution is -2.33. The minimum Gasteiger partial charge on any atom is -0.494 e. The number of piperidine rings is 1. The molecule has 1 aliphatic rings. The van der Waals surface area contributed by atoms with E-state index in [-0.39, 0.29) is 13.0 Å². The molecule has 1 heterocycles. The van der Waals surface area contributed by atoms with Crippen molar-refractivity contribution in [2.24, 2.45) is 5.92 Å². The van der Waals surface area contributed by atoms with Crippen molar-refractivity contribution in [2.75, 3.05) is 24.6 Å². The zero-order valence-electron chi connectivity index (χ0n) is 19.2. The van der Waals surface area contributed by atoms with Crippen LogP contribution in [0.5, 0.6) is 5.75 Å². The van der Waals surface area contributed by atoms with Gasteiger partial charge in [0.2, 0.25) is 0 Å². The monoisotopic (exact) mass is 447 g/mol. The maximum absolute atomic E-state index is 12.2. The van der Waals surface area contributed by atoms with Gasteiger partial charge in [0.15, 0.2) is 0 Å². The van der Waals surface area contributed by atoms with Crippen molar-refractivity contribution in [3.8, 4) is 16.9 Å². The maximum Gasteiger partial charge on any atom is 0.389 e. The molecule has 176 valence electrons. The van der Waals surface area contributed by atoms with Gasteiger partial charge in [-0.25, -0.2) is 0 Å². The van der Waals surface area contributed by atoms with Crippen molar-refractivity contribution < 1.29 is 17.9 Å². The largest absolute Gasteiger partial charge is 0.494 e. The number of ether oxygens (including phenoxy) is 1. The fourth-order valence-corrected chi connectivity index (χ4v) is 4.41. The van der Waals surface area contributed by atoms with E-state index in [1.54, 1.807) is 0 Å². The molecule has 0 aliphatic carbocycles. The molecule has 3 rings (SSSR count). The average molecular weight is 448 g/mol. The number of anilines is 1. The molecule has 0 aromatic heterocycles. The van der Waals surface area contributed by atoms with E-state index in [0.29, 0.717) is 5.75 Å². The van der Waals surface area contributed by atoms with Crippen LogP contribution in [0.15, 0.2) is 48.5 Å². The highest BCUT2D eigenvalue weighted by Crippen LogP contribution is 2.29. The number of halogens is 3. The van der Waals surface area contributed by atoms with E-state index < -0.39 is 12.6 Å². The predicted molar refractivity (Wildman–Crippen MR) is 126 cm³/mol. The second kappa shape index (κ2) is 12.2. The van der Waals surface area contributed by atoms with Crippen molar-refractivity contribution in [1.82, 2.24) is 0 Å². The van der Waals surface area contributed by atoms with E-state index in [0.717, 1.165) is 30.1 Å². The molecule has 32 heavy (non-hydrogen) atoms. The van der Waals surface area contributed by atoms with Gasteiger partial charge in [0, 0.05) is 25.2 Å². The minimum absolute atomic E-state index is 0.0250. The third-order valence-corrected chi connectivity index (χ3v) is 6.37. The quantitative estimate of drug-likeness (QED) is 0.321. The Hall–Kier alpha value is -2.17. The smallest absolute Gasteiger partial charge is 0.389 e. The van der Waals surface area contributed by atoms with E-state index >= 15 is 0 Å². The first-order chi connectivity index (χ1) is 15.4. The zero-order valence-corrected chi connectivity index (χ0v) is 19.2. The van der Waals surface area contributed by atoms with E-state index in [4.69, 9.17) is 4.74 Å². The van der Waals surface area contributed by atoms with Gasteiger partial charge >= 0.3 is 6.18 Å². The standard InChI is InChI=1S/C27H36F3NO/c1-2-3-4-5-7-22-16-19-31(20-17-22)25-12-8-23(9-13-25)24-10-14-26(15-11-24)32-21-6-18-27(28,29)30/h8-15,22H,2-7,16-21H2,1H3. The third kappa shape index (κ3) is 8.07. The van der Waals surface area contributed by atoms with Gasteiger partial charge in [0.25, 0.3) is 0 Å². The first kappa shape index (κ1) is 24.5. The number of benzene rings is 2. The number of unbranched alkanes of at least 4 members (excludes halogenated alkanes) is 3. The summed E-state index contributed by atoms with van der Waals surface area (Å²) in [5.41, 5.74) is 3.48. The molecular formula is C27H36F3NO. The van der Waals surface area contributed by atoms with Crippen molar-refractivity contribution in [3.05, 3.63) is 48.5 Å². The molecule has 0 bridgehead atoms. The van der Waals surface area contributed by atoms with Crippen LogP contribution in [0.4, 0.5) is 18.9 Å². The summed E-state index contributed by atoms with van der Waals surface area (Å²) in [7, 11) is 0. The first-order valence-electron chi connectivity index (χ1n) is 12.1. The Bertz CT molecular complexity index is 778. The van der Waals surface area contributed by atoms with Crippen LogP contribution in [0, 0.1) is 5.92 Å². The van der Waals surface area contributed by atoms with E-state index in [9.17, 15) is 13.2 Å². The molecule has 0 spiro atoms. The first-order valence-corrected chi connectivity index (χ1v) is 12.1. The zero-order chi connectivity index (χ0) is 22.8. The highest BCUT2D eigenvalue weighted by molar-refractivity contribution is 5.67. The molecule has 0 atom stereocenters. The van der Waals surface area contributed by atoms with Crippen LogP contribution in [0.25, 0.3) is 11.1 Å². The Labute approximate surface area is 190 Å². The highest BCUT2D eigenvalue weighted by atomic mass is 19.4. The van der Waals surface area contributed by atoms with Gasteiger partial charge < -0.3 is 9.64 Å². The van der Waals surface area contributed by atoms with Gasteiger partial charge in [0.05, 0.1) is 6.61 Å². The Morgan fingerprint density at radius 2 is 1.47 bits per heavy atom. The molecule has 1 saturated heterocycles. The van der Waals surface area contributed by atoms with Gasteiger partial charge in [-0.15, -0.1) is 0 Å². The summed E-state index contributed by atoms with van der Waals surface area (Å²) in [6.45, 7) is 4.61. The van der Waals surface area contributed by atoms with Gasteiger partial charge in [-0.2, -0.15) is 13.2 Å². The maximum atomic E-state index is 12.2. The predicted octanol–water partition coefficient (Wildman–Crippen LogP) is 8.26. The molecular weight excluding hydrogens is 411 g/mol. The Balaban J connectivity index is 1.44. The van der Waals surface area contributed by atoms with Gasteiger partial charge in [0.1, 0.15) is 5.75 Å². The van der Waals surface area contributed by atoms with E-state index in [1.165, 1.54) is 50.6 Å². The lowest BCUT2D eigenvalue weighted by molar-refractivity contribution is -0.136. The van der Waals surface area contributed by atoms with Crippen molar-refractivity contribution >= 4 is 5.69 Å². The number of rotatable bonds is 11. The molecule has 1 fully saturated rings. The van der Waals surface area contributed by atoms with Gasteiger partial charge in [-0.1, -0.05) is 63.3 Å². The fourth-order valence-electron chi connectivity index (χ4n) is 4.41. The summed E-state index contributed by atoms with van der Waals surface area (Å²) in [6.07, 6.45) is 4.43. The Morgan fingerprint density at radius 3 is 2.06 bits per heavy atom. The van der Waals surface area contributed by atoms with Gasteiger partial charge in [-0.05, 0) is 60.6 Å². The summed E-state index contributed by atoms with van der Waals surface area (Å²) in [4.78, 5) is 2.49. The topological polar surface area (TPSA) is 12.5 Å². The molecule has 2 aromatic carbocycles. The molecule has 2 nitrogen and oxygen atoms in total. The fraction of sp³-hybridized carbons (Fsp3) is 0.556. The molecule has 1 aliphatic heterocycles. The van der Waals surface area contributed by atoms with Crippen LogP contribution in [0.3, 0.4) is 0 Å². The molecule has 0 radical (unpaired) electrons. The van der Waals surface area contributed by atoms with E-state index in [2.05, 4.69) is 36.1 Å². The van der Waals surface area contributed by atoms with Crippen molar-refractivity contribution in [2.45, 2.75) is 70.9 Å². The molecule has 0 saturated carbocycles. The summed E-state index contributed by atoms with van der Waals surface area (Å²) in [5, 5.41) is 0. The molecule has 0 amide bonds. The second-order valence-electron chi connectivity index (χ2n) is 8.92. The van der Waals surface area contributed by atoms with Crippen LogP contribution in [0.1, 0.15) is 64.7 Å². The van der Waals surface area contributed by atoms with Crippen molar-refractivity contribution in [3.63, 3.8) is 0 Å². The minimum atomic E-state index is -4.12. The lowest BCUT2D eigenvalue weighted by Gasteiger charge is -2.33. The molecule has 0 unspecified atom stereocenters. The van der Waals surface area contributed by atoms with Crippen LogP contribution < -0.4 is 9.64 Å². The highest BCUT2D eigenvalue weighted by Gasteiger charge is 2.26. The van der Waals surface area contributed by atoms with Crippen LogP contribution >= 0.6 is 0 Å². The summed E-state index contributed by atoms with van der Waals surface area (Å²) in [5.74, 6) is 1.49. The lowest BCUT2D eigenvalue weighted by atomic mass is 9.91. The SMILES string of the molecule is CCCCCCC1CCN(c2ccc(-c3ccc(OCCCC(F)(F)F)cc3)cc2)CC1. The van der Waals surface area contributed by atoms with Crippen molar-refractivity contribution in [1.29, 1.82) is 0 Å². The molecule has 5 heteroatoms.